The topological polar surface area (TPSA) is 68.0 Å². The number of hydrogen-bond acceptors (Lipinski definition) is 4. The van der Waals surface area contributed by atoms with E-state index in [4.69, 9.17) is 17.3 Å². The molecule has 27 heavy (non-hydrogen) atoms. The second-order valence-corrected chi connectivity index (χ2v) is 7.61. The second kappa shape index (κ2) is 7.02. The van der Waals surface area contributed by atoms with E-state index >= 15 is 0 Å². The fraction of sp³-hybridized carbons (Fsp3) is 0.0476. The third-order valence-electron chi connectivity index (χ3n) is 4.33. The minimum absolute atomic E-state index is 0.224. The van der Waals surface area contributed by atoms with E-state index in [1.165, 1.54) is 11.3 Å². The molecule has 0 unspecified atom stereocenters. The van der Waals surface area contributed by atoms with Gasteiger partial charge in [-0.2, -0.15) is 0 Å². The summed E-state index contributed by atoms with van der Waals surface area (Å²) >= 11 is 7.25. The normalized spacial score (nSPS) is 10.9. The summed E-state index contributed by atoms with van der Waals surface area (Å²) in [6.07, 6.45) is 0. The van der Waals surface area contributed by atoms with Crippen molar-refractivity contribution in [2.75, 3.05) is 11.1 Å². The Bertz CT molecular complexity index is 1150. The number of nitrogen functional groups attached to an aromatic ring is 1. The summed E-state index contributed by atoms with van der Waals surface area (Å²) in [6.45, 7) is 1.95. The smallest absolute Gasteiger partial charge is 0.267 e. The maximum absolute atomic E-state index is 12.7. The lowest BCUT2D eigenvalue weighted by Crippen LogP contribution is -2.12. The van der Waals surface area contributed by atoms with E-state index in [9.17, 15) is 4.79 Å². The number of halogens is 1. The van der Waals surface area contributed by atoms with E-state index < -0.39 is 0 Å². The van der Waals surface area contributed by atoms with Gasteiger partial charge in [0.2, 0.25) is 0 Å². The van der Waals surface area contributed by atoms with Crippen molar-refractivity contribution in [2.45, 2.75) is 6.92 Å². The summed E-state index contributed by atoms with van der Waals surface area (Å²) in [7, 11) is 0. The predicted molar refractivity (Wildman–Crippen MR) is 114 cm³/mol. The van der Waals surface area contributed by atoms with Gasteiger partial charge in [0.05, 0.1) is 11.4 Å². The SMILES string of the molecule is Cc1ccccc1NC(=O)c1sc2nc(-c3ccc(Cl)cc3)ccc2c1N. The molecule has 4 nitrogen and oxygen atoms in total. The van der Waals surface area contributed by atoms with E-state index in [2.05, 4.69) is 10.3 Å². The van der Waals surface area contributed by atoms with Crippen molar-refractivity contribution in [1.82, 2.24) is 4.98 Å². The highest BCUT2D eigenvalue weighted by atomic mass is 35.5. The number of amides is 1. The van der Waals surface area contributed by atoms with Gasteiger partial charge in [-0.3, -0.25) is 4.79 Å². The van der Waals surface area contributed by atoms with Crippen LogP contribution in [0.25, 0.3) is 21.5 Å². The number of fused-ring (bicyclic) bond motifs is 1. The number of para-hydroxylation sites is 1. The summed E-state index contributed by atoms with van der Waals surface area (Å²) in [6, 6.07) is 18.9. The zero-order valence-electron chi connectivity index (χ0n) is 14.5. The molecule has 4 aromatic rings. The average molecular weight is 394 g/mol. The van der Waals surface area contributed by atoms with E-state index in [0.29, 0.717) is 15.6 Å². The Morgan fingerprint density at radius 1 is 1.07 bits per heavy atom. The van der Waals surface area contributed by atoms with Crippen LogP contribution in [0.4, 0.5) is 11.4 Å². The Balaban J connectivity index is 1.70. The van der Waals surface area contributed by atoms with Crippen molar-refractivity contribution in [3.63, 3.8) is 0 Å². The molecule has 0 aliphatic rings. The number of nitrogens with zero attached hydrogens (tertiary/aromatic N) is 1. The van der Waals surface area contributed by atoms with E-state index in [1.807, 2.05) is 67.6 Å². The molecule has 0 aliphatic heterocycles. The first-order chi connectivity index (χ1) is 13.0. The van der Waals surface area contributed by atoms with Gasteiger partial charge < -0.3 is 11.1 Å². The van der Waals surface area contributed by atoms with Crippen LogP contribution in [0.1, 0.15) is 15.2 Å². The number of nitrogens with two attached hydrogens (primary N) is 1. The Labute approximate surface area is 165 Å². The van der Waals surface area contributed by atoms with Crippen molar-refractivity contribution in [3.05, 3.63) is 76.1 Å². The molecule has 0 saturated heterocycles. The molecule has 2 aromatic carbocycles. The van der Waals surface area contributed by atoms with Gasteiger partial charge in [0.25, 0.3) is 5.91 Å². The molecule has 1 amide bonds. The molecule has 0 aliphatic carbocycles. The largest absolute Gasteiger partial charge is 0.397 e. The number of pyridine rings is 1. The molecule has 0 atom stereocenters. The standard InChI is InChI=1S/C21H16ClN3OS/c1-12-4-2-3-5-16(12)24-20(26)19-18(23)15-10-11-17(25-21(15)27-19)13-6-8-14(22)9-7-13/h2-11H,23H2,1H3,(H,24,26). The number of benzene rings is 2. The maximum atomic E-state index is 12.7. The molecule has 134 valence electrons. The highest BCUT2D eigenvalue weighted by molar-refractivity contribution is 7.21. The Morgan fingerprint density at radius 3 is 2.56 bits per heavy atom. The molecule has 0 fully saturated rings. The molecule has 2 heterocycles. The summed E-state index contributed by atoms with van der Waals surface area (Å²) < 4.78 is 0. The van der Waals surface area contributed by atoms with Crippen LogP contribution < -0.4 is 11.1 Å². The minimum atomic E-state index is -0.224. The van der Waals surface area contributed by atoms with Crippen LogP contribution in [0, 0.1) is 6.92 Å². The number of carbonyl (C=O) groups is 1. The minimum Gasteiger partial charge on any atom is -0.397 e. The molecule has 0 spiro atoms. The second-order valence-electron chi connectivity index (χ2n) is 6.17. The molecule has 0 bridgehead atoms. The molecule has 2 aromatic heterocycles. The quantitative estimate of drug-likeness (QED) is 0.465. The number of aryl methyl sites for hydroxylation is 1. The van der Waals surface area contributed by atoms with Crippen molar-refractivity contribution in [1.29, 1.82) is 0 Å². The zero-order chi connectivity index (χ0) is 19.0. The summed E-state index contributed by atoms with van der Waals surface area (Å²) in [4.78, 5) is 18.6. The van der Waals surface area contributed by atoms with Gasteiger partial charge in [0.1, 0.15) is 9.71 Å². The van der Waals surface area contributed by atoms with Crippen LogP contribution in [0.3, 0.4) is 0 Å². The predicted octanol–water partition coefficient (Wildman–Crippen LogP) is 5.76. The highest BCUT2D eigenvalue weighted by Crippen LogP contribution is 2.35. The third-order valence-corrected chi connectivity index (χ3v) is 5.70. The highest BCUT2D eigenvalue weighted by Gasteiger charge is 2.18. The first-order valence-electron chi connectivity index (χ1n) is 8.35. The molecule has 0 saturated carbocycles. The van der Waals surface area contributed by atoms with Crippen LogP contribution in [0.2, 0.25) is 5.02 Å². The van der Waals surface area contributed by atoms with Crippen LogP contribution in [0.5, 0.6) is 0 Å². The van der Waals surface area contributed by atoms with Gasteiger partial charge in [-0.1, -0.05) is 41.9 Å². The first kappa shape index (κ1) is 17.5. The van der Waals surface area contributed by atoms with E-state index in [-0.39, 0.29) is 5.91 Å². The van der Waals surface area contributed by atoms with Crippen molar-refractivity contribution >= 4 is 50.4 Å². The number of anilines is 2. The van der Waals surface area contributed by atoms with E-state index in [1.54, 1.807) is 0 Å². The first-order valence-corrected chi connectivity index (χ1v) is 9.54. The fourth-order valence-corrected chi connectivity index (χ4v) is 3.95. The summed E-state index contributed by atoms with van der Waals surface area (Å²) in [5, 5.41) is 4.39. The van der Waals surface area contributed by atoms with Gasteiger partial charge in [0.15, 0.2) is 0 Å². The number of nitrogens with one attached hydrogen (secondary N) is 1. The van der Waals surface area contributed by atoms with Gasteiger partial charge in [-0.25, -0.2) is 4.98 Å². The number of rotatable bonds is 3. The van der Waals surface area contributed by atoms with Gasteiger partial charge in [-0.05, 0) is 42.8 Å². The van der Waals surface area contributed by atoms with Gasteiger partial charge in [0, 0.05) is 21.7 Å². The van der Waals surface area contributed by atoms with Crippen LogP contribution >= 0.6 is 22.9 Å². The summed E-state index contributed by atoms with van der Waals surface area (Å²) in [5.74, 6) is -0.224. The van der Waals surface area contributed by atoms with Gasteiger partial charge >= 0.3 is 0 Å². The molecule has 6 heteroatoms. The lowest BCUT2D eigenvalue weighted by atomic mass is 10.1. The molecular weight excluding hydrogens is 378 g/mol. The molecule has 4 rings (SSSR count). The summed E-state index contributed by atoms with van der Waals surface area (Å²) in [5.41, 5.74) is 10.2. The lowest BCUT2D eigenvalue weighted by Gasteiger charge is -2.07. The van der Waals surface area contributed by atoms with Gasteiger partial charge in [-0.15, -0.1) is 11.3 Å². The molecule has 0 radical (unpaired) electrons. The Hall–Kier alpha value is -2.89. The number of carbonyl (C=O) groups excluding carboxylic acids is 1. The average Bonchev–Trinajstić information content (AvgIpc) is 3.00. The van der Waals surface area contributed by atoms with Crippen LogP contribution in [-0.2, 0) is 0 Å². The number of aromatic nitrogens is 1. The van der Waals surface area contributed by atoms with Crippen molar-refractivity contribution < 1.29 is 4.79 Å². The Morgan fingerprint density at radius 2 is 1.81 bits per heavy atom. The van der Waals surface area contributed by atoms with Crippen LogP contribution in [0.15, 0.2) is 60.7 Å². The maximum Gasteiger partial charge on any atom is 0.267 e. The molecular formula is C21H16ClN3OS. The van der Waals surface area contributed by atoms with Crippen LogP contribution in [-0.4, -0.2) is 10.9 Å². The van der Waals surface area contributed by atoms with E-state index in [0.717, 1.165) is 32.7 Å². The molecule has 3 N–H and O–H groups in total. The van der Waals surface area contributed by atoms with Crippen molar-refractivity contribution in [2.24, 2.45) is 0 Å². The number of thiophene rings is 1. The lowest BCUT2D eigenvalue weighted by molar-refractivity contribution is 0.103. The zero-order valence-corrected chi connectivity index (χ0v) is 16.1. The fourth-order valence-electron chi connectivity index (χ4n) is 2.84. The third kappa shape index (κ3) is 3.39. The number of hydrogen-bond donors (Lipinski definition) is 2. The Kier molecular flexibility index (Phi) is 4.56. The monoisotopic (exact) mass is 393 g/mol. The van der Waals surface area contributed by atoms with Crippen molar-refractivity contribution in [3.8, 4) is 11.3 Å².